The SMILES string of the molecule is Cc1cccc(CNC(=O)CCn2cnc3cc(S(=O)(=O)N4CCCC4)ccc32)c1. The van der Waals surface area contributed by atoms with Gasteiger partial charge in [-0.05, 0) is 43.5 Å². The maximum atomic E-state index is 12.7. The van der Waals surface area contributed by atoms with Crippen LogP contribution in [0.5, 0.6) is 0 Å². The number of fused-ring (bicyclic) bond motifs is 1. The van der Waals surface area contributed by atoms with Gasteiger partial charge in [0.05, 0.1) is 22.3 Å². The van der Waals surface area contributed by atoms with Gasteiger partial charge in [-0.15, -0.1) is 0 Å². The highest BCUT2D eigenvalue weighted by Gasteiger charge is 2.27. The van der Waals surface area contributed by atoms with Crippen LogP contribution in [0.15, 0.2) is 53.7 Å². The molecule has 0 saturated carbocycles. The predicted molar refractivity (Wildman–Crippen MR) is 115 cm³/mol. The molecule has 0 atom stereocenters. The van der Waals surface area contributed by atoms with Gasteiger partial charge in [-0.25, -0.2) is 13.4 Å². The molecule has 0 bridgehead atoms. The average molecular weight is 427 g/mol. The molecule has 1 saturated heterocycles. The van der Waals surface area contributed by atoms with E-state index in [4.69, 9.17) is 0 Å². The number of hydrogen-bond donors (Lipinski definition) is 1. The Balaban J connectivity index is 1.39. The van der Waals surface area contributed by atoms with E-state index in [1.165, 1.54) is 4.31 Å². The smallest absolute Gasteiger partial charge is 0.243 e. The van der Waals surface area contributed by atoms with Crippen LogP contribution in [0.4, 0.5) is 0 Å². The van der Waals surface area contributed by atoms with Crippen LogP contribution in [0, 0.1) is 6.92 Å². The number of nitrogens with zero attached hydrogens (tertiary/aromatic N) is 3. The number of aryl methyl sites for hydroxylation is 2. The maximum absolute atomic E-state index is 12.7. The second-order valence-corrected chi connectivity index (χ2v) is 9.65. The molecule has 1 aliphatic heterocycles. The quantitative estimate of drug-likeness (QED) is 0.630. The fraction of sp³-hybridized carbons (Fsp3) is 0.364. The maximum Gasteiger partial charge on any atom is 0.243 e. The number of carbonyl (C=O) groups excluding carboxylic acids is 1. The number of benzene rings is 2. The van der Waals surface area contributed by atoms with Crippen LogP contribution in [0.1, 0.15) is 30.4 Å². The van der Waals surface area contributed by atoms with Crippen molar-refractivity contribution in [2.45, 2.75) is 44.2 Å². The van der Waals surface area contributed by atoms with Crippen molar-refractivity contribution in [1.29, 1.82) is 0 Å². The number of amides is 1. The van der Waals surface area contributed by atoms with Crippen molar-refractivity contribution in [1.82, 2.24) is 19.2 Å². The van der Waals surface area contributed by atoms with Crippen molar-refractivity contribution in [3.63, 3.8) is 0 Å². The molecule has 158 valence electrons. The third-order valence-electron chi connectivity index (χ3n) is 5.45. The van der Waals surface area contributed by atoms with E-state index in [1.54, 1.807) is 24.5 Å². The topological polar surface area (TPSA) is 84.3 Å². The molecular weight excluding hydrogens is 400 g/mol. The molecule has 0 aliphatic carbocycles. The number of aromatic nitrogens is 2. The highest BCUT2D eigenvalue weighted by atomic mass is 32.2. The second-order valence-electron chi connectivity index (χ2n) is 7.72. The summed E-state index contributed by atoms with van der Waals surface area (Å²) in [6, 6.07) is 13.1. The number of hydrogen-bond acceptors (Lipinski definition) is 4. The lowest BCUT2D eigenvalue weighted by molar-refractivity contribution is -0.121. The monoisotopic (exact) mass is 426 g/mol. The van der Waals surface area contributed by atoms with E-state index >= 15 is 0 Å². The van der Waals surface area contributed by atoms with E-state index in [2.05, 4.69) is 16.4 Å². The number of carbonyl (C=O) groups is 1. The largest absolute Gasteiger partial charge is 0.352 e. The highest BCUT2D eigenvalue weighted by Crippen LogP contribution is 2.24. The lowest BCUT2D eigenvalue weighted by Gasteiger charge is -2.15. The van der Waals surface area contributed by atoms with Gasteiger partial charge >= 0.3 is 0 Å². The molecule has 30 heavy (non-hydrogen) atoms. The molecule has 3 aromatic rings. The third-order valence-corrected chi connectivity index (χ3v) is 7.34. The molecule has 1 aliphatic rings. The average Bonchev–Trinajstić information content (AvgIpc) is 3.41. The normalized spacial score (nSPS) is 15.0. The lowest BCUT2D eigenvalue weighted by Crippen LogP contribution is -2.27. The lowest BCUT2D eigenvalue weighted by atomic mass is 10.1. The minimum absolute atomic E-state index is 0.0356. The molecule has 7 nitrogen and oxygen atoms in total. The first-order valence-electron chi connectivity index (χ1n) is 10.2. The molecule has 0 unspecified atom stereocenters. The van der Waals surface area contributed by atoms with Crippen LogP contribution < -0.4 is 5.32 Å². The van der Waals surface area contributed by atoms with Crippen LogP contribution in [0.3, 0.4) is 0 Å². The Hall–Kier alpha value is -2.71. The molecule has 1 N–H and O–H groups in total. The van der Waals surface area contributed by atoms with Crippen molar-refractivity contribution < 1.29 is 13.2 Å². The van der Waals surface area contributed by atoms with Crippen LogP contribution >= 0.6 is 0 Å². The first-order chi connectivity index (χ1) is 14.4. The van der Waals surface area contributed by atoms with E-state index in [0.717, 1.165) is 29.5 Å². The molecule has 1 amide bonds. The highest BCUT2D eigenvalue weighted by molar-refractivity contribution is 7.89. The minimum atomic E-state index is -3.46. The molecule has 8 heteroatoms. The van der Waals surface area contributed by atoms with Crippen molar-refractivity contribution in [3.05, 3.63) is 59.9 Å². The van der Waals surface area contributed by atoms with Gasteiger partial charge in [0, 0.05) is 32.6 Å². The fourth-order valence-corrected chi connectivity index (χ4v) is 5.33. The van der Waals surface area contributed by atoms with Crippen LogP contribution in [-0.4, -0.2) is 41.3 Å². The number of sulfonamides is 1. The van der Waals surface area contributed by atoms with Gasteiger partial charge in [0.15, 0.2) is 0 Å². The summed E-state index contributed by atoms with van der Waals surface area (Å²) in [4.78, 5) is 16.9. The Bertz CT molecular complexity index is 1160. The Morgan fingerprint density at radius 3 is 2.70 bits per heavy atom. The Morgan fingerprint density at radius 1 is 1.13 bits per heavy atom. The Labute approximate surface area is 176 Å². The molecule has 4 rings (SSSR count). The molecule has 0 spiro atoms. The number of rotatable bonds is 7. The van der Waals surface area contributed by atoms with E-state index in [-0.39, 0.29) is 10.8 Å². The standard InChI is InChI=1S/C22H26N4O3S/c1-17-5-4-6-18(13-17)15-23-22(27)9-12-25-16-24-20-14-19(7-8-21(20)25)30(28,29)26-10-2-3-11-26/h4-8,13-14,16H,2-3,9-12,15H2,1H3,(H,23,27). The van der Waals surface area contributed by atoms with Crippen LogP contribution in [0.2, 0.25) is 0 Å². The summed E-state index contributed by atoms with van der Waals surface area (Å²) in [5.74, 6) is -0.0356. The first kappa shape index (κ1) is 20.6. The summed E-state index contributed by atoms with van der Waals surface area (Å²) in [6.07, 6.45) is 3.79. The Morgan fingerprint density at radius 2 is 1.93 bits per heavy atom. The summed E-state index contributed by atoms with van der Waals surface area (Å²) in [5, 5.41) is 2.94. The van der Waals surface area contributed by atoms with Gasteiger partial charge < -0.3 is 9.88 Å². The molecule has 1 fully saturated rings. The summed E-state index contributed by atoms with van der Waals surface area (Å²) >= 11 is 0. The fourth-order valence-electron chi connectivity index (χ4n) is 3.79. The number of nitrogens with one attached hydrogen (secondary N) is 1. The zero-order valence-electron chi connectivity index (χ0n) is 17.0. The zero-order valence-corrected chi connectivity index (χ0v) is 17.9. The summed E-state index contributed by atoms with van der Waals surface area (Å²) in [6.45, 7) is 4.16. The predicted octanol–water partition coefficient (Wildman–Crippen LogP) is 2.84. The third kappa shape index (κ3) is 4.39. The van der Waals surface area contributed by atoms with E-state index < -0.39 is 10.0 Å². The van der Waals surface area contributed by atoms with Gasteiger partial charge in [0.1, 0.15) is 0 Å². The van der Waals surface area contributed by atoms with Crippen LogP contribution in [-0.2, 0) is 27.9 Å². The van der Waals surface area contributed by atoms with Crippen molar-refractivity contribution in [2.75, 3.05) is 13.1 Å². The van der Waals surface area contributed by atoms with Gasteiger partial charge in [-0.1, -0.05) is 29.8 Å². The van der Waals surface area contributed by atoms with E-state index in [0.29, 0.717) is 38.1 Å². The van der Waals surface area contributed by atoms with Crippen molar-refractivity contribution >= 4 is 27.0 Å². The molecule has 1 aromatic heterocycles. The number of imidazole rings is 1. The van der Waals surface area contributed by atoms with Gasteiger partial charge in [0.2, 0.25) is 15.9 Å². The first-order valence-corrected chi connectivity index (χ1v) is 11.6. The summed E-state index contributed by atoms with van der Waals surface area (Å²) < 4.78 is 28.9. The van der Waals surface area contributed by atoms with Gasteiger partial charge in [-0.3, -0.25) is 4.79 Å². The zero-order chi connectivity index (χ0) is 21.1. The van der Waals surface area contributed by atoms with Gasteiger partial charge in [0.25, 0.3) is 0 Å². The van der Waals surface area contributed by atoms with Crippen LogP contribution in [0.25, 0.3) is 11.0 Å². The van der Waals surface area contributed by atoms with Gasteiger partial charge in [-0.2, -0.15) is 4.31 Å². The molecule has 0 radical (unpaired) electrons. The van der Waals surface area contributed by atoms with E-state index in [9.17, 15) is 13.2 Å². The summed E-state index contributed by atoms with van der Waals surface area (Å²) in [5.41, 5.74) is 3.68. The second kappa shape index (κ2) is 8.57. The molecule has 2 heterocycles. The molecule has 2 aromatic carbocycles. The van der Waals surface area contributed by atoms with Crippen molar-refractivity contribution in [3.8, 4) is 0 Å². The minimum Gasteiger partial charge on any atom is -0.352 e. The van der Waals surface area contributed by atoms with Crippen molar-refractivity contribution in [2.24, 2.45) is 0 Å². The summed E-state index contributed by atoms with van der Waals surface area (Å²) in [7, 11) is -3.46. The van der Waals surface area contributed by atoms with E-state index in [1.807, 2.05) is 29.7 Å². The Kier molecular flexibility index (Phi) is 5.87. The molecular formula is C22H26N4O3S.